The number of hydrogen-bond donors (Lipinski definition) is 2. The smallest absolute Gasteiger partial charge is 0.220 e. The number of halogens is 1. The van der Waals surface area contributed by atoms with E-state index in [2.05, 4.69) is 5.32 Å². The molecule has 0 saturated carbocycles. The van der Waals surface area contributed by atoms with Crippen LogP contribution in [0.3, 0.4) is 0 Å². The molecule has 1 atom stereocenters. The van der Waals surface area contributed by atoms with Crippen LogP contribution in [0.5, 0.6) is 0 Å². The summed E-state index contributed by atoms with van der Waals surface area (Å²) >= 11 is 7.43. The van der Waals surface area contributed by atoms with E-state index in [1.54, 1.807) is 11.3 Å². The second kappa shape index (κ2) is 7.48. The van der Waals surface area contributed by atoms with E-state index in [1.165, 1.54) is 4.88 Å². The van der Waals surface area contributed by atoms with Gasteiger partial charge in [-0.25, -0.2) is 0 Å². The molecule has 3 nitrogen and oxygen atoms in total. The molecule has 0 bridgehead atoms. The van der Waals surface area contributed by atoms with Crippen LogP contribution in [0.25, 0.3) is 0 Å². The highest BCUT2D eigenvalue weighted by Gasteiger charge is 2.11. The maximum absolute atomic E-state index is 11.9. The highest BCUT2D eigenvalue weighted by atomic mass is 35.5. The van der Waals surface area contributed by atoms with E-state index in [0.717, 1.165) is 22.0 Å². The number of carbonyl (C=O) groups is 1. The van der Waals surface area contributed by atoms with Crippen LogP contribution < -0.4 is 11.1 Å². The second-order valence-corrected chi connectivity index (χ2v) is 6.88. The zero-order chi connectivity index (χ0) is 15.2. The summed E-state index contributed by atoms with van der Waals surface area (Å²) in [4.78, 5) is 13.1. The third-order valence-electron chi connectivity index (χ3n) is 3.32. The molecule has 21 heavy (non-hydrogen) atoms. The summed E-state index contributed by atoms with van der Waals surface area (Å²) in [5.41, 5.74) is 7.53. The lowest BCUT2D eigenvalue weighted by Crippen LogP contribution is -2.26. The molecule has 1 amide bonds. The van der Waals surface area contributed by atoms with Crippen LogP contribution in [-0.2, 0) is 11.2 Å². The van der Waals surface area contributed by atoms with Crippen molar-refractivity contribution in [2.45, 2.75) is 25.7 Å². The van der Waals surface area contributed by atoms with Gasteiger partial charge in [-0.2, -0.15) is 0 Å². The minimum absolute atomic E-state index is 0.0713. The molecule has 0 saturated heterocycles. The van der Waals surface area contributed by atoms with Crippen LogP contribution >= 0.6 is 22.9 Å². The molecule has 1 aromatic heterocycles. The van der Waals surface area contributed by atoms with E-state index in [9.17, 15) is 4.79 Å². The fourth-order valence-electron chi connectivity index (χ4n) is 2.10. The average molecular weight is 323 g/mol. The van der Waals surface area contributed by atoms with Gasteiger partial charge in [0, 0.05) is 23.5 Å². The van der Waals surface area contributed by atoms with Gasteiger partial charge in [-0.3, -0.25) is 4.79 Å². The summed E-state index contributed by atoms with van der Waals surface area (Å²) in [6.45, 7) is 2.69. The Morgan fingerprint density at radius 3 is 2.62 bits per heavy atom. The zero-order valence-electron chi connectivity index (χ0n) is 11.9. The topological polar surface area (TPSA) is 55.1 Å². The third-order valence-corrected chi connectivity index (χ3v) is 4.61. The maximum atomic E-state index is 11.9. The van der Waals surface area contributed by atoms with Gasteiger partial charge in [-0.05, 0) is 42.2 Å². The molecule has 0 aliphatic heterocycles. The van der Waals surface area contributed by atoms with Gasteiger partial charge < -0.3 is 11.1 Å². The van der Waals surface area contributed by atoms with Gasteiger partial charge in [-0.15, -0.1) is 11.3 Å². The first-order valence-electron chi connectivity index (χ1n) is 6.91. The summed E-state index contributed by atoms with van der Waals surface area (Å²) in [6.07, 6.45) is 1.30. The Morgan fingerprint density at radius 2 is 2.00 bits per heavy atom. The standard InChI is InChI=1S/C16H19ClN2OS/c1-11(12-2-4-13(18)5-3-12)10-16(20)19-9-8-14-6-7-15(17)21-14/h2-7,11H,8-10,18H2,1H3,(H,19,20). The summed E-state index contributed by atoms with van der Waals surface area (Å²) in [7, 11) is 0. The molecule has 0 aliphatic rings. The Kier molecular flexibility index (Phi) is 5.65. The molecule has 1 aromatic carbocycles. The van der Waals surface area contributed by atoms with Crippen molar-refractivity contribution in [2.75, 3.05) is 12.3 Å². The molecule has 2 rings (SSSR count). The first-order chi connectivity index (χ1) is 10.0. The summed E-state index contributed by atoms with van der Waals surface area (Å²) in [5.74, 6) is 0.253. The molecular weight excluding hydrogens is 304 g/mol. The van der Waals surface area contributed by atoms with Gasteiger partial charge in [0.05, 0.1) is 4.34 Å². The molecule has 0 spiro atoms. The Balaban J connectivity index is 1.75. The largest absolute Gasteiger partial charge is 0.399 e. The lowest BCUT2D eigenvalue weighted by molar-refractivity contribution is -0.121. The van der Waals surface area contributed by atoms with Crippen molar-refractivity contribution in [2.24, 2.45) is 0 Å². The Hall–Kier alpha value is -1.52. The van der Waals surface area contributed by atoms with Gasteiger partial charge in [-0.1, -0.05) is 30.7 Å². The SMILES string of the molecule is CC(CC(=O)NCCc1ccc(Cl)s1)c1ccc(N)cc1. The quantitative estimate of drug-likeness (QED) is 0.794. The Bertz CT molecular complexity index is 595. The monoisotopic (exact) mass is 322 g/mol. The van der Waals surface area contributed by atoms with Gasteiger partial charge in [0.15, 0.2) is 0 Å². The van der Waals surface area contributed by atoms with E-state index in [1.807, 2.05) is 43.3 Å². The van der Waals surface area contributed by atoms with E-state index in [-0.39, 0.29) is 11.8 Å². The van der Waals surface area contributed by atoms with Crippen LogP contribution in [0.2, 0.25) is 4.34 Å². The highest BCUT2D eigenvalue weighted by molar-refractivity contribution is 7.16. The summed E-state index contributed by atoms with van der Waals surface area (Å²) in [6, 6.07) is 11.6. The highest BCUT2D eigenvalue weighted by Crippen LogP contribution is 2.22. The molecule has 2 aromatic rings. The first-order valence-corrected chi connectivity index (χ1v) is 8.10. The molecule has 3 N–H and O–H groups in total. The molecule has 0 fully saturated rings. The van der Waals surface area contributed by atoms with Crippen molar-refractivity contribution in [1.29, 1.82) is 0 Å². The minimum Gasteiger partial charge on any atom is -0.399 e. The van der Waals surface area contributed by atoms with Crippen LogP contribution in [0.15, 0.2) is 36.4 Å². The van der Waals surface area contributed by atoms with E-state index < -0.39 is 0 Å². The normalized spacial score (nSPS) is 12.1. The molecular formula is C16H19ClN2OS. The second-order valence-electron chi connectivity index (χ2n) is 5.08. The molecule has 1 heterocycles. The fourth-order valence-corrected chi connectivity index (χ4v) is 3.19. The van der Waals surface area contributed by atoms with Gasteiger partial charge in [0.25, 0.3) is 0 Å². The molecule has 5 heteroatoms. The Labute approximate surface area is 134 Å². The van der Waals surface area contributed by atoms with Crippen molar-refractivity contribution in [3.8, 4) is 0 Å². The number of benzene rings is 1. The van der Waals surface area contributed by atoms with Crippen LogP contribution in [-0.4, -0.2) is 12.5 Å². The van der Waals surface area contributed by atoms with Gasteiger partial charge >= 0.3 is 0 Å². The number of thiophene rings is 1. The predicted octanol–water partition coefficient (Wildman–Crippen LogP) is 3.84. The molecule has 0 aliphatic carbocycles. The molecule has 1 unspecified atom stereocenters. The van der Waals surface area contributed by atoms with Gasteiger partial charge in [0.1, 0.15) is 0 Å². The molecule has 112 valence electrons. The van der Waals surface area contributed by atoms with Crippen molar-refractivity contribution >= 4 is 34.5 Å². The summed E-state index contributed by atoms with van der Waals surface area (Å²) < 4.78 is 0.785. The van der Waals surface area contributed by atoms with Crippen LogP contribution in [0, 0.1) is 0 Å². The fraction of sp³-hybridized carbons (Fsp3) is 0.312. The van der Waals surface area contributed by atoms with Crippen molar-refractivity contribution < 1.29 is 4.79 Å². The average Bonchev–Trinajstić information content (AvgIpc) is 2.85. The predicted molar refractivity (Wildman–Crippen MR) is 89.9 cm³/mol. The third kappa shape index (κ3) is 5.06. The first kappa shape index (κ1) is 15.9. The van der Waals surface area contributed by atoms with Gasteiger partial charge in [0.2, 0.25) is 5.91 Å². The van der Waals surface area contributed by atoms with E-state index in [4.69, 9.17) is 17.3 Å². The number of nitrogen functional groups attached to an aromatic ring is 1. The zero-order valence-corrected chi connectivity index (χ0v) is 13.5. The number of anilines is 1. The minimum atomic E-state index is 0.0713. The number of nitrogens with one attached hydrogen (secondary N) is 1. The number of nitrogens with two attached hydrogens (primary N) is 1. The van der Waals surface area contributed by atoms with Crippen LogP contribution in [0.4, 0.5) is 5.69 Å². The van der Waals surface area contributed by atoms with Crippen molar-refractivity contribution in [3.05, 3.63) is 51.2 Å². The Morgan fingerprint density at radius 1 is 1.29 bits per heavy atom. The maximum Gasteiger partial charge on any atom is 0.220 e. The number of rotatable bonds is 6. The van der Waals surface area contributed by atoms with Crippen LogP contribution in [0.1, 0.15) is 29.7 Å². The van der Waals surface area contributed by atoms with Crippen molar-refractivity contribution in [3.63, 3.8) is 0 Å². The molecule has 0 radical (unpaired) electrons. The number of amides is 1. The summed E-state index contributed by atoms with van der Waals surface area (Å²) in [5, 5.41) is 2.95. The van der Waals surface area contributed by atoms with E-state index >= 15 is 0 Å². The lowest BCUT2D eigenvalue weighted by atomic mass is 9.97. The number of hydrogen-bond acceptors (Lipinski definition) is 3. The van der Waals surface area contributed by atoms with Crippen molar-refractivity contribution in [1.82, 2.24) is 5.32 Å². The number of carbonyl (C=O) groups excluding carboxylic acids is 1. The lowest BCUT2D eigenvalue weighted by Gasteiger charge is -2.12. The van der Waals surface area contributed by atoms with E-state index in [0.29, 0.717) is 13.0 Å².